The van der Waals surface area contributed by atoms with Crippen molar-refractivity contribution in [3.05, 3.63) is 59.7 Å². The van der Waals surface area contributed by atoms with Crippen LogP contribution in [0.4, 0.5) is 0 Å². The van der Waals surface area contributed by atoms with Crippen LogP contribution in [0.1, 0.15) is 42.7 Å². The van der Waals surface area contributed by atoms with Crippen molar-refractivity contribution in [3.8, 4) is 11.5 Å². The van der Waals surface area contributed by atoms with E-state index in [0.717, 1.165) is 37.2 Å². The van der Waals surface area contributed by atoms with Crippen molar-refractivity contribution in [1.82, 2.24) is 0 Å². The Labute approximate surface area is 168 Å². The first-order chi connectivity index (χ1) is 13.7. The maximum atomic E-state index is 9.28. The topological polar surface area (TPSA) is 76.0 Å². The molecule has 0 saturated heterocycles. The second kappa shape index (κ2) is 12.5. The first kappa shape index (κ1) is 22.4. The van der Waals surface area contributed by atoms with E-state index in [1.807, 2.05) is 18.2 Å². The Morgan fingerprint density at radius 1 is 1.11 bits per heavy atom. The highest BCUT2D eigenvalue weighted by Crippen LogP contribution is 2.38. The molecule has 152 valence electrons. The average molecular weight is 404 g/mol. The number of hydrogen-bond acceptors (Lipinski definition) is 4. The molecule has 0 radical (unpaired) electrons. The zero-order chi connectivity index (χ0) is 20.2. The summed E-state index contributed by atoms with van der Waals surface area (Å²) in [6.45, 7) is 1.03. The highest BCUT2D eigenvalue weighted by molar-refractivity contribution is 7.16. The van der Waals surface area contributed by atoms with Crippen LogP contribution in [-0.2, 0) is 11.0 Å². The minimum atomic E-state index is -0.833. The lowest BCUT2D eigenvalue weighted by Gasteiger charge is -2.12. The molecule has 2 atom stereocenters. The van der Waals surface area contributed by atoms with Crippen LogP contribution < -0.4 is 9.47 Å². The molecule has 0 bridgehead atoms. The Kier molecular flexibility index (Phi) is 9.98. The summed E-state index contributed by atoms with van der Waals surface area (Å²) in [5.74, 6) is 2.96. The molecule has 1 fully saturated rings. The molecular weight excluding hydrogens is 375 g/mol. The van der Waals surface area contributed by atoms with E-state index in [1.165, 1.54) is 17.5 Å². The standard InChI is InChI=1S/C22H28O3.HO2P/c1-24-22-7-3-2-5-19(22)6-4-14-25-21-12-10-18(11-13-21)20-9-8-17(15-20)16-23;1-3-2/h2-3,5,7,10-13,17,20,23H,4,6,8-9,14-16H2,1H3;(H,1,2). The van der Waals surface area contributed by atoms with Crippen LogP contribution in [0, 0.1) is 5.92 Å². The van der Waals surface area contributed by atoms with E-state index in [2.05, 4.69) is 30.3 Å². The van der Waals surface area contributed by atoms with Crippen molar-refractivity contribution >= 4 is 8.69 Å². The molecule has 2 aromatic rings. The summed E-state index contributed by atoms with van der Waals surface area (Å²) in [5, 5.41) is 9.28. The summed E-state index contributed by atoms with van der Waals surface area (Å²) >= 11 is 0. The number of methoxy groups -OCH3 is 1. The fourth-order valence-corrected chi connectivity index (χ4v) is 3.74. The molecule has 1 aliphatic rings. The van der Waals surface area contributed by atoms with Gasteiger partial charge in [0.2, 0.25) is 0 Å². The molecule has 0 aliphatic heterocycles. The summed E-state index contributed by atoms with van der Waals surface area (Å²) in [5.41, 5.74) is 2.60. The molecule has 6 heteroatoms. The zero-order valence-corrected chi connectivity index (χ0v) is 17.2. The lowest BCUT2D eigenvalue weighted by Crippen LogP contribution is -2.02. The Bertz CT molecular complexity index is 704. The average Bonchev–Trinajstić information content (AvgIpc) is 3.22. The highest BCUT2D eigenvalue weighted by Gasteiger charge is 2.25. The Balaban J connectivity index is 0.000000878. The van der Waals surface area contributed by atoms with Crippen LogP contribution in [-0.4, -0.2) is 30.3 Å². The van der Waals surface area contributed by atoms with Gasteiger partial charge in [-0.25, -0.2) is 4.57 Å². The molecule has 2 unspecified atom stereocenters. The summed E-state index contributed by atoms with van der Waals surface area (Å²) in [7, 11) is 0.879. The second-order valence-electron chi connectivity index (χ2n) is 6.97. The van der Waals surface area contributed by atoms with Crippen molar-refractivity contribution in [1.29, 1.82) is 0 Å². The smallest absolute Gasteiger partial charge is 0.324 e. The van der Waals surface area contributed by atoms with Gasteiger partial charge in [0.25, 0.3) is 0 Å². The van der Waals surface area contributed by atoms with Crippen LogP contribution in [0.3, 0.4) is 0 Å². The monoisotopic (exact) mass is 404 g/mol. The number of hydrogen-bond donors (Lipinski definition) is 2. The predicted octanol–water partition coefficient (Wildman–Crippen LogP) is 4.77. The molecule has 1 saturated carbocycles. The van der Waals surface area contributed by atoms with Gasteiger partial charge < -0.3 is 19.5 Å². The van der Waals surface area contributed by atoms with E-state index in [9.17, 15) is 5.11 Å². The van der Waals surface area contributed by atoms with Gasteiger partial charge in [-0.05, 0) is 73.3 Å². The summed E-state index contributed by atoms with van der Waals surface area (Å²) in [6.07, 6.45) is 5.35. The number of para-hydroxylation sites is 1. The van der Waals surface area contributed by atoms with Gasteiger partial charge in [0.1, 0.15) is 11.5 Å². The van der Waals surface area contributed by atoms with Gasteiger partial charge in [0.05, 0.1) is 13.7 Å². The molecule has 0 aromatic heterocycles. The van der Waals surface area contributed by atoms with E-state index in [-0.39, 0.29) is 0 Å². The lowest BCUT2D eigenvalue weighted by molar-refractivity contribution is 0.229. The normalized spacial score (nSPS) is 18.4. The van der Waals surface area contributed by atoms with E-state index in [0.29, 0.717) is 25.0 Å². The molecule has 3 rings (SSSR count). The van der Waals surface area contributed by atoms with E-state index >= 15 is 0 Å². The number of ether oxygens (including phenoxy) is 2. The third-order valence-electron chi connectivity index (χ3n) is 5.20. The molecule has 1 aliphatic carbocycles. The predicted molar refractivity (Wildman–Crippen MR) is 110 cm³/mol. The number of aliphatic hydroxyl groups is 1. The van der Waals surface area contributed by atoms with Gasteiger partial charge in [-0.3, -0.25) is 0 Å². The third kappa shape index (κ3) is 6.90. The van der Waals surface area contributed by atoms with Crippen molar-refractivity contribution in [3.63, 3.8) is 0 Å². The van der Waals surface area contributed by atoms with E-state index in [1.54, 1.807) is 7.11 Å². The van der Waals surface area contributed by atoms with Gasteiger partial charge in [-0.2, -0.15) is 0 Å². The Morgan fingerprint density at radius 2 is 1.82 bits per heavy atom. The van der Waals surface area contributed by atoms with Crippen molar-refractivity contribution in [2.75, 3.05) is 20.3 Å². The SMILES string of the molecule is COc1ccccc1CCCOc1ccc(C2CCC(CO)C2)cc1.O=PO. The number of aliphatic hydroxyl groups excluding tert-OH is 1. The molecule has 28 heavy (non-hydrogen) atoms. The van der Waals surface area contributed by atoms with Crippen LogP contribution in [0.15, 0.2) is 48.5 Å². The number of rotatable bonds is 8. The molecule has 0 heterocycles. The molecular formula is C22H29O5P. The fourth-order valence-electron chi connectivity index (χ4n) is 3.74. The first-order valence-corrected chi connectivity index (χ1v) is 10.4. The molecule has 0 amide bonds. The third-order valence-corrected chi connectivity index (χ3v) is 5.20. The summed E-state index contributed by atoms with van der Waals surface area (Å²) < 4.78 is 19.7. The highest BCUT2D eigenvalue weighted by atomic mass is 31.1. The maximum absolute atomic E-state index is 9.28. The van der Waals surface area contributed by atoms with Gasteiger partial charge in [-0.1, -0.05) is 30.3 Å². The van der Waals surface area contributed by atoms with Crippen LogP contribution in [0.5, 0.6) is 11.5 Å². The van der Waals surface area contributed by atoms with Crippen molar-refractivity contribution in [2.45, 2.75) is 38.0 Å². The second-order valence-corrected chi connectivity index (χ2v) is 7.14. The zero-order valence-electron chi connectivity index (χ0n) is 16.3. The van der Waals surface area contributed by atoms with Crippen molar-refractivity contribution in [2.24, 2.45) is 5.92 Å². The van der Waals surface area contributed by atoms with Crippen LogP contribution in [0.2, 0.25) is 0 Å². The number of benzene rings is 2. The lowest BCUT2D eigenvalue weighted by atomic mass is 9.96. The summed E-state index contributed by atoms with van der Waals surface area (Å²) in [6, 6.07) is 16.7. The fraction of sp³-hybridized carbons (Fsp3) is 0.455. The summed E-state index contributed by atoms with van der Waals surface area (Å²) in [4.78, 5) is 6.99. The van der Waals surface area contributed by atoms with Gasteiger partial charge in [0, 0.05) is 6.61 Å². The Morgan fingerprint density at radius 3 is 2.46 bits per heavy atom. The minimum Gasteiger partial charge on any atom is -0.496 e. The van der Waals surface area contributed by atoms with Gasteiger partial charge in [-0.15, -0.1) is 0 Å². The Hall–Kier alpha value is -1.94. The van der Waals surface area contributed by atoms with Gasteiger partial charge >= 0.3 is 8.69 Å². The minimum absolute atomic E-state index is 0.323. The largest absolute Gasteiger partial charge is 0.496 e. The first-order valence-electron chi connectivity index (χ1n) is 9.64. The van der Waals surface area contributed by atoms with E-state index < -0.39 is 8.69 Å². The van der Waals surface area contributed by atoms with E-state index in [4.69, 9.17) is 18.9 Å². The molecule has 5 nitrogen and oxygen atoms in total. The molecule has 2 aromatic carbocycles. The molecule has 2 N–H and O–H groups in total. The van der Waals surface area contributed by atoms with Gasteiger partial charge in [0.15, 0.2) is 0 Å². The maximum Gasteiger partial charge on any atom is 0.324 e. The van der Waals surface area contributed by atoms with Crippen LogP contribution >= 0.6 is 8.69 Å². The molecule has 0 spiro atoms. The quantitative estimate of drug-likeness (QED) is 0.490. The number of aryl methyl sites for hydroxylation is 1. The van der Waals surface area contributed by atoms with Crippen molar-refractivity contribution < 1.29 is 24.0 Å². The van der Waals surface area contributed by atoms with Crippen LogP contribution in [0.25, 0.3) is 0 Å².